The fourth-order valence-corrected chi connectivity index (χ4v) is 2.17. The molecule has 1 aromatic rings. The van der Waals surface area contributed by atoms with E-state index in [1.807, 2.05) is 0 Å². The Morgan fingerprint density at radius 1 is 1.47 bits per heavy atom. The number of carbonyl (C=O) groups is 1. The second-order valence-electron chi connectivity index (χ2n) is 3.25. The van der Waals surface area contributed by atoms with Gasteiger partial charge < -0.3 is 10.1 Å². The van der Waals surface area contributed by atoms with Crippen LogP contribution in [-0.4, -0.2) is 31.9 Å². The van der Waals surface area contributed by atoms with E-state index in [4.69, 9.17) is 0 Å². The van der Waals surface area contributed by atoms with Crippen LogP contribution in [0.1, 0.15) is 0 Å². The van der Waals surface area contributed by atoms with Crippen LogP contribution in [0, 0.1) is 11.6 Å². The van der Waals surface area contributed by atoms with Gasteiger partial charge in [0.05, 0.1) is 7.11 Å². The number of methoxy groups -OCH3 is 1. The largest absolute Gasteiger partial charge is 0.468 e. The van der Waals surface area contributed by atoms with Gasteiger partial charge in [-0.2, -0.15) is 0 Å². The molecule has 0 aromatic heterocycles. The van der Waals surface area contributed by atoms with Crippen LogP contribution in [0.25, 0.3) is 0 Å². The molecule has 0 saturated heterocycles. The number of rotatable bonds is 5. The minimum atomic E-state index is -0.894. The maximum Gasteiger partial charge on any atom is 0.323 e. The van der Waals surface area contributed by atoms with E-state index in [-0.39, 0.29) is 5.97 Å². The minimum Gasteiger partial charge on any atom is -0.468 e. The predicted octanol–water partition coefficient (Wildman–Crippen LogP) is 1.82. The first-order valence-corrected chi connectivity index (χ1v) is 5.90. The SMILES string of the molecule is CNC(CSc1ccc(F)c(F)c1)C(=O)OC. The highest BCUT2D eigenvalue weighted by molar-refractivity contribution is 7.99. The molecule has 3 nitrogen and oxygen atoms in total. The molecule has 0 aliphatic heterocycles. The number of ether oxygens (including phenoxy) is 1. The lowest BCUT2D eigenvalue weighted by Crippen LogP contribution is -2.37. The van der Waals surface area contributed by atoms with E-state index in [1.165, 1.54) is 24.9 Å². The molecule has 0 fully saturated rings. The molecule has 0 heterocycles. The van der Waals surface area contributed by atoms with Crippen molar-refractivity contribution >= 4 is 17.7 Å². The summed E-state index contributed by atoms with van der Waals surface area (Å²) >= 11 is 1.25. The molecule has 0 amide bonds. The van der Waals surface area contributed by atoms with Crippen LogP contribution in [-0.2, 0) is 9.53 Å². The third-order valence-electron chi connectivity index (χ3n) is 2.14. The summed E-state index contributed by atoms with van der Waals surface area (Å²) in [6.07, 6.45) is 0. The summed E-state index contributed by atoms with van der Waals surface area (Å²) in [5, 5.41) is 2.79. The highest BCUT2D eigenvalue weighted by Crippen LogP contribution is 2.21. The number of likely N-dealkylation sites (N-methyl/N-ethyl adjacent to an activating group) is 1. The Balaban J connectivity index is 2.59. The molecule has 17 heavy (non-hydrogen) atoms. The first-order chi connectivity index (χ1) is 8.08. The molecule has 0 bridgehead atoms. The Hall–Kier alpha value is -1.14. The van der Waals surface area contributed by atoms with Crippen LogP contribution in [0.4, 0.5) is 8.78 Å². The average Bonchev–Trinajstić information content (AvgIpc) is 2.33. The van der Waals surface area contributed by atoms with Crippen molar-refractivity contribution < 1.29 is 18.3 Å². The fourth-order valence-electron chi connectivity index (χ4n) is 1.16. The van der Waals surface area contributed by atoms with E-state index in [9.17, 15) is 13.6 Å². The van der Waals surface area contributed by atoms with Gasteiger partial charge in [0.1, 0.15) is 6.04 Å². The molecule has 0 saturated carbocycles. The summed E-state index contributed by atoms with van der Waals surface area (Å²) in [6, 6.07) is 3.15. The highest BCUT2D eigenvalue weighted by atomic mass is 32.2. The summed E-state index contributed by atoms with van der Waals surface area (Å²) in [5.41, 5.74) is 0. The van der Waals surface area contributed by atoms with E-state index in [0.717, 1.165) is 12.1 Å². The lowest BCUT2D eigenvalue weighted by atomic mass is 10.3. The second kappa shape index (κ2) is 6.56. The van der Waals surface area contributed by atoms with Gasteiger partial charge in [-0.15, -0.1) is 11.8 Å². The van der Waals surface area contributed by atoms with Crippen molar-refractivity contribution in [2.45, 2.75) is 10.9 Å². The number of nitrogens with one attached hydrogen (secondary N) is 1. The standard InChI is InChI=1S/C11H13F2NO2S/c1-14-10(11(15)16-2)6-17-7-3-4-8(12)9(13)5-7/h3-5,10,14H,6H2,1-2H3. The first kappa shape index (κ1) is 13.9. The zero-order valence-electron chi connectivity index (χ0n) is 9.50. The molecular formula is C11H13F2NO2S. The molecule has 1 atom stereocenters. The number of thioether (sulfide) groups is 1. The minimum absolute atomic E-state index is 0.383. The third kappa shape index (κ3) is 3.98. The van der Waals surface area contributed by atoms with Crippen LogP contribution in [0.3, 0.4) is 0 Å². The molecule has 0 aliphatic carbocycles. The van der Waals surface area contributed by atoms with Crippen molar-refractivity contribution in [1.29, 1.82) is 0 Å². The van der Waals surface area contributed by atoms with Gasteiger partial charge in [-0.25, -0.2) is 8.78 Å². The Labute approximate surface area is 103 Å². The Morgan fingerprint density at radius 2 is 2.18 bits per heavy atom. The van der Waals surface area contributed by atoms with Crippen molar-refractivity contribution in [3.05, 3.63) is 29.8 Å². The lowest BCUT2D eigenvalue weighted by Gasteiger charge is -2.12. The van der Waals surface area contributed by atoms with Gasteiger partial charge >= 0.3 is 5.97 Å². The van der Waals surface area contributed by atoms with Gasteiger partial charge in [0.2, 0.25) is 0 Å². The van der Waals surface area contributed by atoms with E-state index >= 15 is 0 Å². The average molecular weight is 261 g/mol. The summed E-state index contributed by atoms with van der Waals surface area (Å²) in [6.45, 7) is 0. The van der Waals surface area contributed by atoms with Gasteiger partial charge in [-0.3, -0.25) is 4.79 Å². The molecule has 0 radical (unpaired) electrons. The van der Waals surface area contributed by atoms with Gasteiger partial charge in [0, 0.05) is 10.6 Å². The molecule has 0 spiro atoms. The second-order valence-corrected chi connectivity index (χ2v) is 4.34. The summed E-state index contributed by atoms with van der Waals surface area (Å²) in [4.78, 5) is 11.8. The topological polar surface area (TPSA) is 38.3 Å². The summed E-state index contributed by atoms with van der Waals surface area (Å²) in [5.74, 6) is -1.78. The number of hydrogen-bond acceptors (Lipinski definition) is 4. The van der Waals surface area contributed by atoms with E-state index in [2.05, 4.69) is 10.1 Å². The van der Waals surface area contributed by atoms with E-state index < -0.39 is 17.7 Å². The summed E-state index contributed by atoms with van der Waals surface area (Å²) in [7, 11) is 2.93. The number of esters is 1. The van der Waals surface area contributed by atoms with E-state index in [1.54, 1.807) is 7.05 Å². The predicted molar refractivity (Wildman–Crippen MR) is 61.9 cm³/mol. The first-order valence-electron chi connectivity index (χ1n) is 4.91. The van der Waals surface area contributed by atoms with Gasteiger partial charge in [-0.05, 0) is 25.2 Å². The van der Waals surface area contributed by atoms with Crippen LogP contribution < -0.4 is 5.32 Å². The van der Waals surface area contributed by atoms with Gasteiger partial charge in [0.15, 0.2) is 11.6 Å². The van der Waals surface area contributed by atoms with Crippen LogP contribution >= 0.6 is 11.8 Å². The van der Waals surface area contributed by atoms with Crippen molar-refractivity contribution in [2.75, 3.05) is 19.9 Å². The van der Waals surface area contributed by atoms with Crippen molar-refractivity contribution in [1.82, 2.24) is 5.32 Å². The van der Waals surface area contributed by atoms with E-state index in [0.29, 0.717) is 10.6 Å². The maximum atomic E-state index is 12.9. The van der Waals surface area contributed by atoms with Crippen LogP contribution in [0.5, 0.6) is 0 Å². The van der Waals surface area contributed by atoms with Gasteiger partial charge in [-0.1, -0.05) is 0 Å². The van der Waals surface area contributed by atoms with Crippen LogP contribution in [0.2, 0.25) is 0 Å². The monoisotopic (exact) mass is 261 g/mol. The third-order valence-corrected chi connectivity index (χ3v) is 3.23. The summed E-state index contributed by atoms with van der Waals surface area (Å²) < 4.78 is 30.2. The molecule has 1 N–H and O–H groups in total. The zero-order valence-corrected chi connectivity index (χ0v) is 10.3. The molecule has 1 rings (SSSR count). The smallest absolute Gasteiger partial charge is 0.323 e. The Bertz CT molecular complexity index is 401. The zero-order chi connectivity index (χ0) is 12.8. The number of hydrogen-bond donors (Lipinski definition) is 1. The normalized spacial score (nSPS) is 12.2. The Kier molecular flexibility index (Phi) is 5.37. The molecule has 1 unspecified atom stereocenters. The molecule has 6 heteroatoms. The van der Waals surface area contributed by atoms with Crippen molar-refractivity contribution in [2.24, 2.45) is 0 Å². The van der Waals surface area contributed by atoms with Crippen LogP contribution in [0.15, 0.2) is 23.1 Å². The molecular weight excluding hydrogens is 248 g/mol. The molecule has 0 aliphatic rings. The number of halogens is 2. The lowest BCUT2D eigenvalue weighted by molar-refractivity contribution is -0.142. The van der Waals surface area contributed by atoms with Gasteiger partial charge in [0.25, 0.3) is 0 Å². The van der Waals surface area contributed by atoms with Crippen molar-refractivity contribution in [3.8, 4) is 0 Å². The quantitative estimate of drug-likeness (QED) is 0.648. The highest BCUT2D eigenvalue weighted by Gasteiger charge is 2.17. The molecule has 94 valence electrons. The number of carbonyl (C=O) groups excluding carboxylic acids is 1. The maximum absolute atomic E-state index is 12.9. The number of benzene rings is 1. The Morgan fingerprint density at radius 3 is 2.71 bits per heavy atom. The molecule has 1 aromatic carbocycles. The fraction of sp³-hybridized carbons (Fsp3) is 0.364. The van der Waals surface area contributed by atoms with Crippen molar-refractivity contribution in [3.63, 3.8) is 0 Å².